The van der Waals surface area contributed by atoms with Gasteiger partial charge in [-0.05, 0) is 48.6 Å². The minimum absolute atomic E-state index is 0.456. The number of hydrogen-bond donors (Lipinski definition) is 1. The average Bonchev–Trinajstić information content (AvgIpc) is 3.41. The minimum Gasteiger partial charge on any atom is -0.477 e. The monoisotopic (exact) mass is 502 g/mol. The second kappa shape index (κ2) is 11.8. The van der Waals surface area contributed by atoms with Crippen LogP contribution in [-0.4, -0.2) is 37.7 Å². The highest BCUT2D eigenvalue weighted by Crippen LogP contribution is 2.29. The molecule has 1 aromatic carbocycles. The second-order valence-electron chi connectivity index (χ2n) is 8.41. The Bertz CT molecular complexity index is 1330. The maximum atomic E-state index is 6.45. The summed E-state index contributed by atoms with van der Waals surface area (Å²) in [4.78, 5) is 17.5. The highest BCUT2D eigenvalue weighted by molar-refractivity contribution is 6.32. The summed E-state index contributed by atoms with van der Waals surface area (Å²) in [5.74, 6) is 0.980. The van der Waals surface area contributed by atoms with Crippen molar-refractivity contribution in [2.75, 3.05) is 18.5 Å². The molecule has 0 saturated heterocycles. The smallest absolute Gasteiger partial charge is 0.227 e. The molecule has 5 rings (SSSR count). The number of pyridine rings is 1. The van der Waals surface area contributed by atoms with Gasteiger partial charge < -0.3 is 19.4 Å². The molecule has 1 N–H and O–H groups in total. The lowest BCUT2D eigenvalue weighted by Gasteiger charge is -2.14. The number of nitrogens with zero attached hydrogens (tertiary/aromatic N) is 5. The molecule has 0 amide bonds. The molecule has 8 nitrogen and oxygen atoms in total. The van der Waals surface area contributed by atoms with E-state index in [1.807, 2.05) is 36.8 Å². The van der Waals surface area contributed by atoms with Crippen molar-refractivity contribution in [2.45, 2.75) is 32.4 Å². The molecule has 184 valence electrons. The van der Waals surface area contributed by atoms with Gasteiger partial charge in [-0.1, -0.05) is 29.8 Å². The van der Waals surface area contributed by atoms with Crippen LogP contribution in [0.2, 0.25) is 5.02 Å². The second-order valence-corrected chi connectivity index (χ2v) is 8.82. The number of fused-ring (bicyclic) bond motifs is 7. The van der Waals surface area contributed by atoms with Crippen LogP contribution in [0.1, 0.15) is 24.0 Å². The summed E-state index contributed by atoms with van der Waals surface area (Å²) >= 11 is 6.45. The fourth-order valence-electron chi connectivity index (χ4n) is 4.00. The SMILES string of the molecule is Clc1cnc2nc1-c1ccnc(c1)OCC/C=C/COCc1cc(ccc1CCCn1ccnc1)N2. The van der Waals surface area contributed by atoms with E-state index in [0.29, 0.717) is 42.4 Å². The molecular formula is C27H27ClN6O2. The number of imidazole rings is 1. The Morgan fingerprint density at radius 3 is 2.97 bits per heavy atom. The van der Waals surface area contributed by atoms with Crippen LogP contribution in [-0.2, 0) is 24.3 Å². The maximum Gasteiger partial charge on any atom is 0.227 e. The van der Waals surface area contributed by atoms with Gasteiger partial charge in [0.1, 0.15) is 0 Å². The van der Waals surface area contributed by atoms with E-state index in [2.05, 4.69) is 48.0 Å². The van der Waals surface area contributed by atoms with E-state index in [9.17, 15) is 0 Å². The van der Waals surface area contributed by atoms with Crippen LogP contribution in [0.25, 0.3) is 11.3 Å². The Kier molecular flexibility index (Phi) is 7.85. The highest BCUT2D eigenvalue weighted by Gasteiger charge is 2.12. The molecule has 9 heteroatoms. The summed E-state index contributed by atoms with van der Waals surface area (Å²) in [5.41, 5.74) is 4.71. The van der Waals surface area contributed by atoms with Gasteiger partial charge in [-0.3, -0.25) is 0 Å². The maximum absolute atomic E-state index is 6.45. The number of ether oxygens (including phenoxy) is 2. The Morgan fingerprint density at radius 1 is 1.08 bits per heavy atom. The molecule has 4 aromatic rings. The van der Waals surface area contributed by atoms with E-state index in [4.69, 9.17) is 21.1 Å². The van der Waals surface area contributed by atoms with E-state index in [-0.39, 0.29) is 0 Å². The zero-order valence-electron chi connectivity index (χ0n) is 19.8. The van der Waals surface area contributed by atoms with Crippen molar-refractivity contribution in [1.82, 2.24) is 24.5 Å². The van der Waals surface area contributed by atoms with Crippen molar-refractivity contribution in [3.05, 3.63) is 89.7 Å². The van der Waals surface area contributed by atoms with Crippen LogP contribution in [0.4, 0.5) is 11.6 Å². The van der Waals surface area contributed by atoms with E-state index >= 15 is 0 Å². The van der Waals surface area contributed by atoms with Crippen LogP contribution in [0, 0.1) is 0 Å². The predicted octanol–water partition coefficient (Wildman–Crippen LogP) is 5.62. The number of anilines is 2. The number of aromatic nitrogens is 5. The van der Waals surface area contributed by atoms with Crippen molar-refractivity contribution >= 4 is 23.2 Å². The molecule has 6 bridgehead atoms. The predicted molar refractivity (Wildman–Crippen MR) is 139 cm³/mol. The Labute approximate surface area is 215 Å². The van der Waals surface area contributed by atoms with Crippen LogP contribution in [0.3, 0.4) is 0 Å². The number of aryl methyl sites for hydroxylation is 2. The fraction of sp³-hybridized carbons (Fsp3) is 0.259. The van der Waals surface area contributed by atoms with Gasteiger partial charge in [-0.25, -0.2) is 19.9 Å². The van der Waals surface area contributed by atoms with Crippen LogP contribution < -0.4 is 10.1 Å². The van der Waals surface area contributed by atoms with Crippen LogP contribution in [0.5, 0.6) is 5.88 Å². The number of benzene rings is 1. The van der Waals surface area contributed by atoms with Crippen molar-refractivity contribution in [3.63, 3.8) is 0 Å². The molecule has 0 spiro atoms. The van der Waals surface area contributed by atoms with Gasteiger partial charge in [0.25, 0.3) is 0 Å². The normalized spacial score (nSPS) is 14.7. The summed E-state index contributed by atoms with van der Waals surface area (Å²) in [5, 5.41) is 3.77. The number of hydrogen-bond acceptors (Lipinski definition) is 7. The molecule has 0 aliphatic carbocycles. The van der Waals surface area contributed by atoms with Crippen molar-refractivity contribution in [2.24, 2.45) is 0 Å². The summed E-state index contributed by atoms with van der Waals surface area (Å²) < 4.78 is 13.9. The molecule has 4 heterocycles. The molecule has 36 heavy (non-hydrogen) atoms. The van der Waals surface area contributed by atoms with Gasteiger partial charge in [0.05, 0.1) is 43.1 Å². The summed E-state index contributed by atoms with van der Waals surface area (Å²) in [6.07, 6.45) is 15.7. The molecule has 0 saturated carbocycles. The standard InChI is InChI=1S/C27H27ClN6O2/c28-24-17-31-27-32-23-7-6-20(5-4-11-34-12-10-29-19-34)22(15-23)18-35-13-2-1-3-14-36-25-16-21(8-9-30-25)26(24)33-27/h1-2,6-10,12,15-17,19H,3-5,11,13-14,18H2,(H,31,32,33)/b2-1+. The van der Waals surface area contributed by atoms with Gasteiger partial charge in [-0.2, -0.15) is 0 Å². The first-order chi connectivity index (χ1) is 17.7. The molecule has 3 aromatic heterocycles. The zero-order chi connectivity index (χ0) is 24.6. The van der Waals surface area contributed by atoms with Gasteiger partial charge in [0, 0.05) is 42.5 Å². The molecule has 0 unspecified atom stereocenters. The number of halogens is 1. The third kappa shape index (κ3) is 6.27. The lowest BCUT2D eigenvalue weighted by Crippen LogP contribution is -2.04. The summed E-state index contributed by atoms with van der Waals surface area (Å²) in [6.45, 7) is 2.48. The third-order valence-corrected chi connectivity index (χ3v) is 6.09. The molecule has 1 aliphatic rings. The Morgan fingerprint density at radius 2 is 2.06 bits per heavy atom. The topological polar surface area (TPSA) is 87.0 Å². The molecular weight excluding hydrogens is 476 g/mol. The van der Waals surface area contributed by atoms with Crippen molar-refractivity contribution in [3.8, 4) is 17.1 Å². The molecule has 0 fully saturated rings. The first-order valence-electron chi connectivity index (χ1n) is 11.9. The van der Waals surface area contributed by atoms with Crippen LogP contribution in [0.15, 0.2) is 73.6 Å². The largest absolute Gasteiger partial charge is 0.477 e. The van der Waals surface area contributed by atoms with Crippen molar-refractivity contribution < 1.29 is 9.47 Å². The summed E-state index contributed by atoms with van der Waals surface area (Å²) in [7, 11) is 0. The Balaban J connectivity index is 1.41. The lowest BCUT2D eigenvalue weighted by molar-refractivity contribution is 0.148. The summed E-state index contributed by atoms with van der Waals surface area (Å²) in [6, 6.07) is 9.99. The molecule has 0 radical (unpaired) electrons. The van der Waals surface area contributed by atoms with E-state index in [1.165, 1.54) is 5.56 Å². The van der Waals surface area contributed by atoms with E-state index < -0.39 is 0 Å². The fourth-order valence-corrected chi connectivity index (χ4v) is 4.20. The quantitative estimate of drug-likeness (QED) is 0.362. The number of nitrogens with one attached hydrogen (secondary N) is 1. The molecule has 1 aliphatic heterocycles. The first-order valence-corrected chi connectivity index (χ1v) is 12.3. The van der Waals surface area contributed by atoms with Gasteiger partial charge in [0.15, 0.2) is 0 Å². The third-order valence-electron chi connectivity index (χ3n) is 5.81. The first kappa shape index (κ1) is 24.0. The van der Waals surface area contributed by atoms with Gasteiger partial charge >= 0.3 is 0 Å². The van der Waals surface area contributed by atoms with Crippen LogP contribution >= 0.6 is 11.6 Å². The zero-order valence-corrected chi connectivity index (χ0v) is 20.6. The van der Waals surface area contributed by atoms with E-state index in [1.54, 1.807) is 18.6 Å². The Hall–Kier alpha value is -3.75. The van der Waals surface area contributed by atoms with Gasteiger partial charge in [-0.15, -0.1) is 0 Å². The number of rotatable bonds is 4. The van der Waals surface area contributed by atoms with Gasteiger partial charge in [0.2, 0.25) is 11.8 Å². The van der Waals surface area contributed by atoms with Crippen molar-refractivity contribution in [1.29, 1.82) is 0 Å². The van der Waals surface area contributed by atoms with E-state index in [0.717, 1.165) is 42.6 Å². The molecule has 0 atom stereocenters. The lowest BCUT2D eigenvalue weighted by atomic mass is 10.0. The minimum atomic E-state index is 0.456. The highest BCUT2D eigenvalue weighted by atomic mass is 35.5. The average molecular weight is 503 g/mol.